The minimum absolute atomic E-state index is 0.0512. The molecule has 0 spiro atoms. The molecule has 0 aliphatic carbocycles. The van der Waals surface area contributed by atoms with Crippen LogP contribution in [-0.4, -0.2) is 29.3 Å². The molecule has 2 aromatic carbocycles. The van der Waals surface area contributed by atoms with Gasteiger partial charge >= 0.3 is 0 Å². The Labute approximate surface area is 171 Å². The number of nitro groups is 1. The first-order valence-electron chi connectivity index (χ1n) is 8.10. The number of nitrogens with zero attached hydrogens (tertiary/aromatic N) is 4. The van der Waals surface area contributed by atoms with E-state index < -0.39 is 14.9 Å². The van der Waals surface area contributed by atoms with Crippen molar-refractivity contribution in [3.63, 3.8) is 0 Å². The second kappa shape index (κ2) is 8.29. The van der Waals surface area contributed by atoms with Crippen molar-refractivity contribution in [2.24, 2.45) is 12.1 Å². The van der Waals surface area contributed by atoms with Gasteiger partial charge in [-0.05, 0) is 18.2 Å². The number of para-hydroxylation sites is 1. The molecule has 29 heavy (non-hydrogen) atoms. The summed E-state index contributed by atoms with van der Waals surface area (Å²) in [4.78, 5) is 10.1. The number of anilines is 2. The zero-order chi connectivity index (χ0) is 21.0. The van der Waals surface area contributed by atoms with Gasteiger partial charge in [0.05, 0.1) is 33.7 Å². The fourth-order valence-electron chi connectivity index (χ4n) is 2.37. The number of nitrogens with one attached hydrogen (secondary N) is 2. The topological polar surface area (TPSA) is 132 Å². The summed E-state index contributed by atoms with van der Waals surface area (Å²) in [6.07, 6.45) is 4.71. The maximum atomic E-state index is 12.9. The smallest absolute Gasteiger partial charge is 0.270 e. The summed E-state index contributed by atoms with van der Waals surface area (Å²) in [5.74, 6) is 0. The van der Waals surface area contributed by atoms with Gasteiger partial charge in [0, 0.05) is 30.9 Å². The van der Waals surface area contributed by atoms with Crippen LogP contribution in [0.5, 0.6) is 0 Å². The number of hydrazone groups is 1. The maximum absolute atomic E-state index is 12.9. The molecular formula is C17H15ClN6O4S. The van der Waals surface area contributed by atoms with Gasteiger partial charge in [-0.1, -0.05) is 23.7 Å². The van der Waals surface area contributed by atoms with Gasteiger partial charge in [0.1, 0.15) is 4.90 Å². The Morgan fingerprint density at radius 3 is 2.66 bits per heavy atom. The lowest BCUT2D eigenvalue weighted by atomic mass is 10.3. The van der Waals surface area contributed by atoms with Gasteiger partial charge < -0.3 is 0 Å². The highest BCUT2D eigenvalue weighted by atomic mass is 35.5. The first-order chi connectivity index (χ1) is 13.8. The fraction of sp³-hybridized carbons (Fsp3) is 0.0588. The highest BCUT2D eigenvalue weighted by Gasteiger charge is 2.23. The summed E-state index contributed by atoms with van der Waals surface area (Å²) in [6, 6.07) is 9.63. The van der Waals surface area contributed by atoms with Gasteiger partial charge in [-0.3, -0.25) is 24.9 Å². The number of halogens is 1. The summed E-state index contributed by atoms with van der Waals surface area (Å²) >= 11 is 6.01. The first kappa shape index (κ1) is 20.3. The molecule has 0 fully saturated rings. The predicted molar refractivity (Wildman–Crippen MR) is 110 cm³/mol. The van der Waals surface area contributed by atoms with Gasteiger partial charge in [-0.15, -0.1) is 0 Å². The van der Waals surface area contributed by atoms with E-state index in [2.05, 4.69) is 20.3 Å². The fourth-order valence-corrected chi connectivity index (χ4v) is 3.86. The quantitative estimate of drug-likeness (QED) is 0.333. The molecule has 0 unspecified atom stereocenters. The Bertz CT molecular complexity index is 1190. The van der Waals surface area contributed by atoms with Crippen LogP contribution in [0, 0.1) is 10.1 Å². The Hall–Kier alpha value is -3.44. The largest absolute Gasteiger partial charge is 0.278 e. The predicted octanol–water partition coefficient (Wildman–Crippen LogP) is 3.23. The summed E-state index contributed by atoms with van der Waals surface area (Å²) in [5, 5.41) is 19.3. The average molecular weight is 435 g/mol. The Morgan fingerprint density at radius 2 is 2.00 bits per heavy atom. The number of hydrogen-bond acceptors (Lipinski definition) is 7. The number of aryl methyl sites for hydroxylation is 1. The van der Waals surface area contributed by atoms with E-state index in [0.717, 1.165) is 6.07 Å². The average Bonchev–Trinajstić information content (AvgIpc) is 3.08. The Balaban J connectivity index is 1.96. The molecule has 1 aromatic heterocycles. The summed E-state index contributed by atoms with van der Waals surface area (Å²) in [7, 11) is -2.46. The third-order valence-electron chi connectivity index (χ3n) is 3.71. The van der Waals surface area contributed by atoms with E-state index in [9.17, 15) is 18.5 Å². The Kier molecular flexibility index (Phi) is 5.80. The molecule has 0 aliphatic heterocycles. The third-order valence-corrected chi connectivity index (χ3v) is 5.44. The lowest BCUT2D eigenvalue weighted by Crippen LogP contribution is -2.15. The van der Waals surface area contributed by atoms with E-state index in [1.807, 2.05) is 0 Å². The zero-order valence-corrected chi connectivity index (χ0v) is 16.6. The van der Waals surface area contributed by atoms with Gasteiger partial charge in [-0.2, -0.15) is 10.2 Å². The van der Waals surface area contributed by atoms with Crippen molar-refractivity contribution in [1.29, 1.82) is 0 Å². The van der Waals surface area contributed by atoms with Crippen LogP contribution in [0.4, 0.5) is 17.1 Å². The number of non-ortho nitro benzene ring substituents is 1. The third kappa shape index (κ3) is 4.89. The highest BCUT2D eigenvalue weighted by molar-refractivity contribution is 7.93. The minimum Gasteiger partial charge on any atom is -0.278 e. The van der Waals surface area contributed by atoms with E-state index in [-0.39, 0.29) is 27.0 Å². The summed E-state index contributed by atoms with van der Waals surface area (Å²) in [5.41, 5.74) is 3.09. The van der Waals surface area contributed by atoms with E-state index in [0.29, 0.717) is 5.56 Å². The second-order valence-electron chi connectivity index (χ2n) is 5.84. The molecule has 0 saturated heterocycles. The summed E-state index contributed by atoms with van der Waals surface area (Å²) in [6.45, 7) is 0. The molecule has 3 rings (SSSR count). The van der Waals surface area contributed by atoms with Crippen LogP contribution in [0.15, 0.2) is 64.9 Å². The van der Waals surface area contributed by atoms with E-state index in [4.69, 9.17) is 11.6 Å². The molecule has 1 heterocycles. The molecule has 0 radical (unpaired) electrons. The van der Waals surface area contributed by atoms with Crippen molar-refractivity contribution in [2.45, 2.75) is 4.90 Å². The monoisotopic (exact) mass is 434 g/mol. The van der Waals surface area contributed by atoms with Crippen molar-refractivity contribution in [3.8, 4) is 0 Å². The van der Waals surface area contributed by atoms with Crippen LogP contribution < -0.4 is 10.1 Å². The zero-order valence-electron chi connectivity index (χ0n) is 15.0. The number of hydrogen-bond donors (Lipinski definition) is 2. The van der Waals surface area contributed by atoms with Crippen LogP contribution in [0.3, 0.4) is 0 Å². The van der Waals surface area contributed by atoms with Crippen molar-refractivity contribution >= 4 is 44.9 Å². The Morgan fingerprint density at radius 1 is 1.24 bits per heavy atom. The van der Waals surface area contributed by atoms with Gasteiger partial charge in [0.25, 0.3) is 15.7 Å². The molecule has 2 N–H and O–H groups in total. The van der Waals surface area contributed by atoms with Crippen LogP contribution in [0.25, 0.3) is 0 Å². The number of rotatable bonds is 7. The van der Waals surface area contributed by atoms with E-state index in [1.54, 1.807) is 36.3 Å². The normalized spacial score (nSPS) is 11.5. The van der Waals surface area contributed by atoms with E-state index in [1.165, 1.54) is 30.5 Å². The number of nitro benzene ring substituents is 1. The first-order valence-corrected chi connectivity index (χ1v) is 9.96. The molecule has 12 heteroatoms. The van der Waals surface area contributed by atoms with E-state index >= 15 is 0 Å². The van der Waals surface area contributed by atoms with Crippen molar-refractivity contribution in [2.75, 3.05) is 10.1 Å². The highest BCUT2D eigenvalue weighted by Crippen LogP contribution is 2.30. The van der Waals surface area contributed by atoms with Crippen LogP contribution in [0.2, 0.25) is 5.02 Å². The maximum Gasteiger partial charge on any atom is 0.270 e. The lowest BCUT2D eigenvalue weighted by Gasteiger charge is -2.12. The van der Waals surface area contributed by atoms with Gasteiger partial charge in [0.15, 0.2) is 0 Å². The molecular weight excluding hydrogens is 420 g/mol. The number of aromatic nitrogens is 2. The van der Waals surface area contributed by atoms with Gasteiger partial charge in [-0.25, -0.2) is 8.42 Å². The summed E-state index contributed by atoms with van der Waals surface area (Å²) < 4.78 is 29.7. The number of benzene rings is 2. The molecule has 0 bridgehead atoms. The van der Waals surface area contributed by atoms with Crippen LogP contribution in [0.1, 0.15) is 5.56 Å². The molecule has 0 atom stereocenters. The van der Waals surface area contributed by atoms with Gasteiger partial charge in [0.2, 0.25) is 0 Å². The minimum atomic E-state index is -4.21. The lowest BCUT2D eigenvalue weighted by molar-refractivity contribution is -0.385. The standard InChI is InChI=1S/C17H15ClN6O4S/c1-23-11-12(10-20-23)9-19-21-16-7-6-13(24(25)26)8-17(16)29(27,28)22-15-5-3-2-4-14(15)18/h2-11,21-22H,1H3/b19-9+. The van der Waals surface area contributed by atoms with Crippen molar-refractivity contribution < 1.29 is 13.3 Å². The molecule has 150 valence electrons. The van der Waals surface area contributed by atoms with Crippen LogP contribution >= 0.6 is 11.6 Å². The van der Waals surface area contributed by atoms with Crippen molar-refractivity contribution in [1.82, 2.24) is 9.78 Å². The molecule has 0 aliphatic rings. The molecule has 3 aromatic rings. The van der Waals surface area contributed by atoms with Crippen molar-refractivity contribution in [3.05, 3.63) is 75.6 Å². The molecule has 0 amide bonds. The second-order valence-corrected chi connectivity index (χ2v) is 7.90. The SMILES string of the molecule is Cn1cc(/C=N/Nc2ccc([N+](=O)[O-])cc2S(=O)(=O)Nc2ccccc2Cl)cn1. The van der Waals surface area contributed by atoms with Crippen LogP contribution in [-0.2, 0) is 17.1 Å². The molecule has 10 nitrogen and oxygen atoms in total. The molecule has 0 saturated carbocycles. The number of sulfonamides is 1.